The van der Waals surface area contributed by atoms with Crippen molar-refractivity contribution in [3.8, 4) is 5.75 Å². The van der Waals surface area contributed by atoms with Gasteiger partial charge in [-0.3, -0.25) is 4.79 Å². The number of amides is 1. The molecule has 0 bridgehead atoms. The number of rotatable bonds is 2. The van der Waals surface area contributed by atoms with Crippen LogP contribution in [-0.2, 0) is 0 Å². The Kier molecular flexibility index (Phi) is 4.47. The van der Waals surface area contributed by atoms with E-state index in [0.717, 1.165) is 17.3 Å². The molecular weight excluding hydrogens is 308 g/mol. The number of piperidine rings is 1. The lowest BCUT2D eigenvalue weighted by Gasteiger charge is -2.36. The summed E-state index contributed by atoms with van der Waals surface area (Å²) in [5, 5.41) is 0. The molecule has 0 saturated carbocycles. The second kappa shape index (κ2) is 5.92. The number of methoxy groups -OCH3 is 1. The molecule has 2 N–H and O–H groups in total. The van der Waals surface area contributed by atoms with Gasteiger partial charge in [0.05, 0.1) is 12.7 Å². The van der Waals surface area contributed by atoms with E-state index in [1.54, 1.807) is 13.2 Å². The zero-order chi connectivity index (χ0) is 14.0. The largest absolute Gasteiger partial charge is 0.497 e. The molecule has 1 fully saturated rings. The maximum atomic E-state index is 12.6. The van der Waals surface area contributed by atoms with E-state index in [0.29, 0.717) is 17.9 Å². The number of hydrogen-bond acceptors (Lipinski definition) is 3. The molecular formula is C14H19BrN2O2. The van der Waals surface area contributed by atoms with Crippen molar-refractivity contribution in [1.82, 2.24) is 4.90 Å². The maximum absolute atomic E-state index is 12.6. The van der Waals surface area contributed by atoms with Gasteiger partial charge in [0.25, 0.3) is 5.91 Å². The van der Waals surface area contributed by atoms with E-state index in [9.17, 15) is 4.79 Å². The van der Waals surface area contributed by atoms with Gasteiger partial charge in [0.15, 0.2) is 0 Å². The van der Waals surface area contributed by atoms with E-state index < -0.39 is 0 Å². The van der Waals surface area contributed by atoms with E-state index >= 15 is 0 Å². The van der Waals surface area contributed by atoms with Crippen molar-refractivity contribution in [1.29, 1.82) is 0 Å². The first-order chi connectivity index (χ1) is 9.02. The second-order valence-corrected chi connectivity index (χ2v) is 5.83. The first-order valence-corrected chi connectivity index (χ1v) is 7.22. The SMILES string of the molecule is COc1ccc(Br)c(C(=O)N2CCC(N)CC2C)c1. The van der Waals surface area contributed by atoms with Crippen molar-refractivity contribution < 1.29 is 9.53 Å². The van der Waals surface area contributed by atoms with Gasteiger partial charge in [0, 0.05) is 23.1 Å². The molecule has 4 nitrogen and oxygen atoms in total. The summed E-state index contributed by atoms with van der Waals surface area (Å²) >= 11 is 3.43. The third-order valence-electron chi connectivity index (χ3n) is 3.58. The third kappa shape index (κ3) is 3.09. The Morgan fingerprint density at radius 2 is 2.26 bits per heavy atom. The number of carbonyl (C=O) groups is 1. The topological polar surface area (TPSA) is 55.6 Å². The fourth-order valence-corrected chi connectivity index (χ4v) is 2.88. The van der Waals surface area contributed by atoms with Crippen LogP contribution in [0, 0.1) is 0 Å². The quantitative estimate of drug-likeness (QED) is 0.908. The maximum Gasteiger partial charge on any atom is 0.255 e. The van der Waals surface area contributed by atoms with Crippen LogP contribution in [0.15, 0.2) is 22.7 Å². The molecule has 0 spiro atoms. The van der Waals surface area contributed by atoms with Gasteiger partial charge in [-0.1, -0.05) is 0 Å². The van der Waals surface area contributed by atoms with E-state index in [-0.39, 0.29) is 18.0 Å². The summed E-state index contributed by atoms with van der Waals surface area (Å²) in [5.74, 6) is 0.720. The molecule has 5 heteroatoms. The van der Waals surface area contributed by atoms with Crippen LogP contribution in [0.1, 0.15) is 30.1 Å². The summed E-state index contributed by atoms with van der Waals surface area (Å²) in [6.07, 6.45) is 1.71. The Labute approximate surface area is 122 Å². The molecule has 19 heavy (non-hydrogen) atoms. The Morgan fingerprint density at radius 3 is 2.89 bits per heavy atom. The van der Waals surface area contributed by atoms with Crippen molar-refractivity contribution >= 4 is 21.8 Å². The first kappa shape index (κ1) is 14.3. The average molecular weight is 327 g/mol. The molecule has 104 valence electrons. The zero-order valence-corrected chi connectivity index (χ0v) is 12.8. The van der Waals surface area contributed by atoms with Crippen molar-refractivity contribution in [2.45, 2.75) is 31.8 Å². The molecule has 1 aromatic carbocycles. The minimum absolute atomic E-state index is 0.0326. The van der Waals surface area contributed by atoms with Gasteiger partial charge in [-0.05, 0) is 53.9 Å². The van der Waals surface area contributed by atoms with Crippen LogP contribution in [0.4, 0.5) is 0 Å². The molecule has 2 unspecified atom stereocenters. The van der Waals surface area contributed by atoms with Crippen LogP contribution in [-0.4, -0.2) is 36.5 Å². The highest BCUT2D eigenvalue weighted by Gasteiger charge is 2.28. The Balaban J connectivity index is 2.24. The Bertz CT molecular complexity index is 479. The van der Waals surface area contributed by atoms with Crippen molar-refractivity contribution in [2.24, 2.45) is 5.73 Å². The molecule has 0 radical (unpaired) electrons. The van der Waals surface area contributed by atoms with E-state index in [1.165, 1.54) is 0 Å². The van der Waals surface area contributed by atoms with Gasteiger partial charge in [0.2, 0.25) is 0 Å². The average Bonchev–Trinajstić information content (AvgIpc) is 2.38. The molecule has 1 aromatic rings. The van der Waals surface area contributed by atoms with Crippen molar-refractivity contribution in [3.05, 3.63) is 28.2 Å². The molecule has 1 aliphatic heterocycles. The standard InChI is InChI=1S/C14H19BrN2O2/c1-9-7-10(16)5-6-17(9)14(18)12-8-11(19-2)3-4-13(12)15/h3-4,8-10H,5-7,16H2,1-2H3. The highest BCUT2D eigenvalue weighted by molar-refractivity contribution is 9.10. The first-order valence-electron chi connectivity index (χ1n) is 6.43. The number of ether oxygens (including phenoxy) is 1. The minimum Gasteiger partial charge on any atom is -0.497 e. The summed E-state index contributed by atoms with van der Waals surface area (Å²) < 4.78 is 5.97. The highest BCUT2D eigenvalue weighted by atomic mass is 79.9. The van der Waals surface area contributed by atoms with E-state index in [4.69, 9.17) is 10.5 Å². The molecule has 1 heterocycles. The predicted octanol–water partition coefficient (Wildman–Crippen LogP) is 2.41. The normalized spacial score (nSPS) is 23.3. The van der Waals surface area contributed by atoms with Crippen LogP contribution in [0.25, 0.3) is 0 Å². The number of benzene rings is 1. The van der Waals surface area contributed by atoms with Crippen LogP contribution in [0.3, 0.4) is 0 Å². The lowest BCUT2D eigenvalue weighted by atomic mass is 9.98. The summed E-state index contributed by atoms with van der Waals surface area (Å²) in [4.78, 5) is 14.5. The fraction of sp³-hybridized carbons (Fsp3) is 0.500. The molecule has 2 atom stereocenters. The van der Waals surface area contributed by atoms with Crippen LogP contribution in [0.5, 0.6) is 5.75 Å². The number of hydrogen-bond donors (Lipinski definition) is 1. The number of nitrogens with zero attached hydrogens (tertiary/aromatic N) is 1. The van der Waals surface area contributed by atoms with Crippen molar-refractivity contribution in [3.63, 3.8) is 0 Å². The summed E-state index contributed by atoms with van der Waals surface area (Å²) in [5.41, 5.74) is 6.57. The number of likely N-dealkylation sites (tertiary alicyclic amines) is 1. The summed E-state index contributed by atoms with van der Waals surface area (Å²) in [6, 6.07) is 5.82. The third-order valence-corrected chi connectivity index (χ3v) is 4.27. The molecule has 1 aliphatic rings. The van der Waals surface area contributed by atoms with Crippen LogP contribution >= 0.6 is 15.9 Å². The number of halogens is 1. The molecule has 2 rings (SSSR count). The van der Waals surface area contributed by atoms with Gasteiger partial charge in [-0.25, -0.2) is 0 Å². The van der Waals surface area contributed by atoms with Gasteiger partial charge < -0.3 is 15.4 Å². The fourth-order valence-electron chi connectivity index (χ4n) is 2.46. The van der Waals surface area contributed by atoms with E-state index in [2.05, 4.69) is 15.9 Å². The second-order valence-electron chi connectivity index (χ2n) is 4.98. The zero-order valence-electron chi connectivity index (χ0n) is 11.2. The van der Waals surface area contributed by atoms with Crippen molar-refractivity contribution in [2.75, 3.05) is 13.7 Å². The van der Waals surface area contributed by atoms with Gasteiger partial charge in [-0.15, -0.1) is 0 Å². The van der Waals surface area contributed by atoms with Gasteiger partial charge in [-0.2, -0.15) is 0 Å². The lowest BCUT2D eigenvalue weighted by molar-refractivity contribution is 0.0617. The minimum atomic E-state index is 0.0326. The summed E-state index contributed by atoms with van der Waals surface area (Å²) in [6.45, 7) is 2.76. The summed E-state index contributed by atoms with van der Waals surface area (Å²) in [7, 11) is 1.60. The highest BCUT2D eigenvalue weighted by Crippen LogP contribution is 2.26. The van der Waals surface area contributed by atoms with Crippen LogP contribution in [0.2, 0.25) is 0 Å². The van der Waals surface area contributed by atoms with Gasteiger partial charge in [0.1, 0.15) is 5.75 Å². The molecule has 1 saturated heterocycles. The smallest absolute Gasteiger partial charge is 0.255 e. The molecule has 0 aromatic heterocycles. The number of carbonyl (C=O) groups excluding carboxylic acids is 1. The Morgan fingerprint density at radius 1 is 1.53 bits per heavy atom. The van der Waals surface area contributed by atoms with Gasteiger partial charge >= 0.3 is 0 Å². The molecule has 1 amide bonds. The lowest BCUT2D eigenvalue weighted by Crippen LogP contribution is -2.48. The Hall–Kier alpha value is -1.07. The predicted molar refractivity (Wildman–Crippen MR) is 78.4 cm³/mol. The monoisotopic (exact) mass is 326 g/mol. The van der Waals surface area contributed by atoms with Crippen LogP contribution < -0.4 is 10.5 Å². The number of nitrogens with two attached hydrogens (primary N) is 1. The van der Waals surface area contributed by atoms with E-state index in [1.807, 2.05) is 24.0 Å². The molecule has 0 aliphatic carbocycles.